The van der Waals surface area contributed by atoms with Crippen LogP contribution in [-0.2, 0) is 4.79 Å². The van der Waals surface area contributed by atoms with Gasteiger partial charge in [0.1, 0.15) is 5.75 Å². The van der Waals surface area contributed by atoms with Crippen LogP contribution in [0.25, 0.3) is 10.9 Å². The minimum Gasteiger partial charge on any atom is -0.482 e. The number of rotatable bonds is 1. The minimum absolute atomic E-state index is 0.0707. The Kier molecular flexibility index (Phi) is 1.82. The lowest BCUT2D eigenvalue weighted by Crippen LogP contribution is -2.25. The van der Waals surface area contributed by atoms with E-state index in [1.54, 1.807) is 12.1 Å². The van der Waals surface area contributed by atoms with E-state index in [-0.39, 0.29) is 18.2 Å². The number of amides is 1. The van der Waals surface area contributed by atoms with Crippen molar-refractivity contribution in [2.45, 2.75) is 0 Å². The lowest BCUT2D eigenvalue weighted by atomic mass is 10.1. The van der Waals surface area contributed by atoms with Crippen LogP contribution in [0.2, 0.25) is 0 Å². The van der Waals surface area contributed by atoms with E-state index in [0.717, 1.165) is 0 Å². The zero-order chi connectivity index (χ0) is 12.0. The van der Waals surface area contributed by atoms with Crippen molar-refractivity contribution in [1.29, 1.82) is 0 Å². The number of carbonyl (C=O) groups excluding carboxylic acids is 1. The third-order valence-corrected chi connectivity index (χ3v) is 2.52. The molecule has 1 aromatic heterocycles. The van der Waals surface area contributed by atoms with Gasteiger partial charge in [-0.1, -0.05) is 0 Å². The fourth-order valence-electron chi connectivity index (χ4n) is 1.81. The molecule has 86 valence electrons. The molecular weight excluding hydrogens is 226 g/mol. The molecule has 1 amide bonds. The van der Waals surface area contributed by atoms with Crippen molar-refractivity contribution in [3.05, 3.63) is 17.8 Å². The second-order valence-electron chi connectivity index (χ2n) is 3.58. The molecule has 3 N–H and O–H groups in total. The predicted molar refractivity (Wildman–Crippen MR) is 57.2 cm³/mol. The zero-order valence-electron chi connectivity index (χ0n) is 8.48. The second-order valence-corrected chi connectivity index (χ2v) is 3.58. The van der Waals surface area contributed by atoms with Crippen LogP contribution in [0.5, 0.6) is 5.75 Å². The number of carboxylic acids is 1. The van der Waals surface area contributed by atoms with Gasteiger partial charge in [-0.2, -0.15) is 5.10 Å². The number of benzene rings is 1. The van der Waals surface area contributed by atoms with Gasteiger partial charge >= 0.3 is 5.97 Å². The van der Waals surface area contributed by atoms with Crippen molar-refractivity contribution in [3.8, 4) is 5.75 Å². The number of hydrogen-bond acceptors (Lipinski definition) is 4. The van der Waals surface area contributed by atoms with Gasteiger partial charge in [0, 0.05) is 0 Å². The van der Waals surface area contributed by atoms with Crippen LogP contribution >= 0.6 is 0 Å². The molecule has 0 aliphatic carbocycles. The van der Waals surface area contributed by atoms with Crippen molar-refractivity contribution < 1.29 is 19.4 Å². The average Bonchev–Trinajstić information content (AvgIpc) is 2.73. The molecule has 17 heavy (non-hydrogen) atoms. The van der Waals surface area contributed by atoms with Crippen LogP contribution in [0.1, 0.15) is 10.5 Å². The van der Waals surface area contributed by atoms with Gasteiger partial charge in [0.05, 0.1) is 16.6 Å². The quantitative estimate of drug-likeness (QED) is 0.668. The maximum Gasteiger partial charge on any atom is 0.357 e. The highest BCUT2D eigenvalue weighted by atomic mass is 16.5. The number of anilines is 1. The summed E-state index contributed by atoms with van der Waals surface area (Å²) in [7, 11) is 0. The molecule has 3 rings (SSSR count). The lowest BCUT2D eigenvalue weighted by Gasteiger charge is -2.18. The normalized spacial score (nSPS) is 14.0. The lowest BCUT2D eigenvalue weighted by molar-refractivity contribution is -0.118. The maximum absolute atomic E-state index is 11.3. The highest BCUT2D eigenvalue weighted by molar-refractivity contribution is 6.12. The van der Waals surface area contributed by atoms with Crippen LogP contribution in [0.4, 0.5) is 5.69 Å². The molecule has 1 aliphatic rings. The Bertz CT molecular complexity index is 646. The van der Waals surface area contributed by atoms with Gasteiger partial charge in [0.15, 0.2) is 12.3 Å². The van der Waals surface area contributed by atoms with Gasteiger partial charge in [0.25, 0.3) is 5.91 Å². The largest absolute Gasteiger partial charge is 0.482 e. The first-order valence-electron chi connectivity index (χ1n) is 4.84. The Balaban J connectivity index is 2.34. The summed E-state index contributed by atoms with van der Waals surface area (Å²) in [5.74, 6) is -1.03. The number of carbonyl (C=O) groups is 2. The topological polar surface area (TPSA) is 104 Å². The summed E-state index contributed by atoms with van der Waals surface area (Å²) in [6.45, 7) is -0.0707. The van der Waals surface area contributed by atoms with Gasteiger partial charge < -0.3 is 15.2 Å². The van der Waals surface area contributed by atoms with Crippen molar-refractivity contribution in [2.24, 2.45) is 0 Å². The monoisotopic (exact) mass is 233 g/mol. The standard InChI is InChI=1S/C10H7N3O4/c14-6-3-17-5-2-1-4-7(8(5)11-6)9(10(15)16)13-12-4/h1-2H,3H2,(H,11,14)(H,12,13)(H,15,16). The highest BCUT2D eigenvalue weighted by Crippen LogP contribution is 2.36. The molecular formula is C10H7N3O4. The van der Waals surface area contributed by atoms with Crippen molar-refractivity contribution >= 4 is 28.5 Å². The number of H-pyrrole nitrogens is 1. The third kappa shape index (κ3) is 1.32. The molecule has 7 heteroatoms. The number of nitrogens with zero attached hydrogens (tertiary/aromatic N) is 1. The number of hydrogen-bond donors (Lipinski definition) is 3. The van der Waals surface area contributed by atoms with E-state index < -0.39 is 5.97 Å². The number of aromatic nitrogens is 2. The Morgan fingerprint density at radius 1 is 1.47 bits per heavy atom. The zero-order valence-corrected chi connectivity index (χ0v) is 8.48. The molecule has 1 aromatic carbocycles. The van der Waals surface area contributed by atoms with Gasteiger partial charge in [-0.15, -0.1) is 0 Å². The van der Waals surface area contributed by atoms with Crippen molar-refractivity contribution in [1.82, 2.24) is 10.2 Å². The fourth-order valence-corrected chi connectivity index (χ4v) is 1.81. The first-order valence-corrected chi connectivity index (χ1v) is 4.84. The number of aromatic carboxylic acids is 1. The van der Waals surface area contributed by atoms with E-state index in [0.29, 0.717) is 22.3 Å². The molecule has 0 radical (unpaired) electrons. The number of ether oxygens (including phenoxy) is 1. The molecule has 0 spiro atoms. The van der Waals surface area contributed by atoms with E-state index >= 15 is 0 Å². The minimum atomic E-state index is -1.16. The van der Waals surface area contributed by atoms with Crippen molar-refractivity contribution in [2.75, 3.05) is 11.9 Å². The number of carboxylic acid groups (broad SMARTS) is 1. The van der Waals surface area contributed by atoms with Crippen LogP contribution in [-0.4, -0.2) is 33.8 Å². The molecule has 0 unspecified atom stereocenters. The van der Waals surface area contributed by atoms with Crippen LogP contribution in [0.15, 0.2) is 12.1 Å². The summed E-state index contributed by atoms with van der Waals surface area (Å²) < 4.78 is 5.20. The summed E-state index contributed by atoms with van der Waals surface area (Å²) in [6.07, 6.45) is 0. The molecule has 0 fully saturated rings. The number of fused-ring (bicyclic) bond motifs is 3. The summed E-state index contributed by atoms with van der Waals surface area (Å²) in [6, 6.07) is 3.31. The fraction of sp³-hybridized carbons (Fsp3) is 0.100. The SMILES string of the molecule is O=C1COc2ccc3[nH]nc(C(=O)O)c3c2N1. The molecule has 1 aliphatic heterocycles. The van der Waals surface area contributed by atoms with E-state index in [1.165, 1.54) is 0 Å². The van der Waals surface area contributed by atoms with Gasteiger partial charge in [0.2, 0.25) is 0 Å². The number of nitrogens with one attached hydrogen (secondary N) is 2. The Morgan fingerprint density at radius 2 is 2.29 bits per heavy atom. The highest BCUT2D eigenvalue weighted by Gasteiger charge is 2.24. The summed E-state index contributed by atoms with van der Waals surface area (Å²) in [5, 5.41) is 18.2. The molecule has 0 bridgehead atoms. The van der Waals surface area contributed by atoms with E-state index in [1.807, 2.05) is 0 Å². The Labute approximate surface area is 94.4 Å². The number of aromatic amines is 1. The maximum atomic E-state index is 11.3. The molecule has 0 atom stereocenters. The predicted octanol–water partition coefficient (Wildman–Crippen LogP) is 0.592. The molecule has 2 aromatic rings. The second kappa shape index (κ2) is 3.21. The summed E-state index contributed by atoms with van der Waals surface area (Å²) in [5.41, 5.74) is 0.750. The molecule has 7 nitrogen and oxygen atoms in total. The third-order valence-electron chi connectivity index (χ3n) is 2.52. The van der Waals surface area contributed by atoms with E-state index in [2.05, 4.69) is 15.5 Å². The van der Waals surface area contributed by atoms with Crippen LogP contribution in [0.3, 0.4) is 0 Å². The van der Waals surface area contributed by atoms with E-state index in [9.17, 15) is 9.59 Å². The molecule has 0 saturated carbocycles. The van der Waals surface area contributed by atoms with Gasteiger partial charge in [-0.05, 0) is 12.1 Å². The first kappa shape index (κ1) is 9.64. The van der Waals surface area contributed by atoms with Crippen molar-refractivity contribution in [3.63, 3.8) is 0 Å². The van der Waals surface area contributed by atoms with Crippen LogP contribution in [0, 0.1) is 0 Å². The Hall–Kier alpha value is -2.57. The molecule has 0 saturated heterocycles. The summed E-state index contributed by atoms with van der Waals surface area (Å²) >= 11 is 0. The van der Waals surface area contributed by atoms with Gasteiger partial charge in [-0.3, -0.25) is 9.89 Å². The van der Waals surface area contributed by atoms with Gasteiger partial charge in [-0.25, -0.2) is 4.79 Å². The molecule has 2 heterocycles. The smallest absolute Gasteiger partial charge is 0.357 e. The summed E-state index contributed by atoms with van der Waals surface area (Å²) in [4.78, 5) is 22.3. The first-order chi connectivity index (χ1) is 8.16. The van der Waals surface area contributed by atoms with E-state index in [4.69, 9.17) is 9.84 Å². The van der Waals surface area contributed by atoms with Crippen LogP contribution < -0.4 is 10.1 Å². The average molecular weight is 233 g/mol. The Morgan fingerprint density at radius 3 is 3.06 bits per heavy atom.